The number of ether oxygens (including phenoxy) is 1. The lowest BCUT2D eigenvalue weighted by Crippen LogP contribution is -2.20. The summed E-state index contributed by atoms with van der Waals surface area (Å²) < 4.78 is 38.5. The van der Waals surface area contributed by atoms with E-state index in [2.05, 4.69) is 11.3 Å². The minimum atomic E-state index is -3.71. The summed E-state index contributed by atoms with van der Waals surface area (Å²) in [5, 5.41) is 0. The van der Waals surface area contributed by atoms with E-state index >= 15 is 0 Å². The molecule has 0 bridgehead atoms. The molecule has 0 spiro atoms. The first-order valence-corrected chi connectivity index (χ1v) is 2.51. The number of hydrogen-bond donors (Lipinski definition) is 0. The molecule has 1 nitrogen and oxygen atoms in total. The number of rotatable bonds is 4. The van der Waals surface area contributed by atoms with Crippen molar-refractivity contribution in [2.75, 3.05) is 6.67 Å². The Morgan fingerprint density at radius 1 is 1.50 bits per heavy atom. The summed E-state index contributed by atoms with van der Waals surface area (Å²) >= 11 is 0. The van der Waals surface area contributed by atoms with E-state index in [1.54, 1.807) is 0 Å². The highest BCUT2D eigenvalue weighted by molar-refractivity contribution is 4.93. The zero-order chi connectivity index (χ0) is 8.04. The van der Waals surface area contributed by atoms with Crippen LogP contribution in [0.4, 0.5) is 13.2 Å². The summed E-state index contributed by atoms with van der Waals surface area (Å²) in [6.45, 7) is 1.38. The molecule has 58 valence electrons. The first-order chi connectivity index (χ1) is 4.62. The highest BCUT2D eigenvalue weighted by Gasteiger charge is 2.29. The second kappa shape index (κ2) is 3.98. The molecule has 0 unspecified atom stereocenters. The van der Waals surface area contributed by atoms with E-state index in [0.29, 0.717) is 6.26 Å². The average molecular weight is 152 g/mol. The number of alkyl halides is 3. The molecule has 0 heterocycles. The van der Waals surface area contributed by atoms with Gasteiger partial charge in [0.2, 0.25) is 0 Å². The van der Waals surface area contributed by atoms with Gasteiger partial charge in [-0.3, -0.25) is 0 Å². The Kier molecular flexibility index (Phi) is 3.61. The van der Waals surface area contributed by atoms with E-state index in [0.717, 1.165) is 6.08 Å². The maximum Gasteiger partial charge on any atom is 0.426 e. The Labute approximate surface area is 56.8 Å². The molecule has 0 aromatic rings. The maximum atomic E-state index is 11.8. The number of allylic oxidation sites excluding steroid dienone is 2. The topological polar surface area (TPSA) is 9.23 Å². The van der Waals surface area contributed by atoms with Crippen LogP contribution in [0.25, 0.3) is 0 Å². The summed E-state index contributed by atoms with van der Waals surface area (Å²) in [6, 6.07) is 0. The average Bonchev–Trinajstić information content (AvgIpc) is 1.89. The zero-order valence-electron chi connectivity index (χ0n) is 5.19. The Morgan fingerprint density at radius 3 is 2.50 bits per heavy atom. The third kappa shape index (κ3) is 4.00. The standard InChI is InChI=1S/C6H7F3O/c1-2-3-4-10-6(8,9)5-7/h2-4H,1,5H2/b4-3+. The second-order valence-electron chi connectivity index (χ2n) is 1.45. The normalized spacial score (nSPS) is 11.9. The van der Waals surface area contributed by atoms with Crippen molar-refractivity contribution < 1.29 is 17.9 Å². The molecule has 0 saturated heterocycles. The highest BCUT2D eigenvalue weighted by atomic mass is 19.3. The van der Waals surface area contributed by atoms with Crippen LogP contribution in [0.5, 0.6) is 0 Å². The summed E-state index contributed by atoms with van der Waals surface area (Å²) in [5.74, 6) is 0. The van der Waals surface area contributed by atoms with Gasteiger partial charge in [0.15, 0.2) is 6.67 Å². The molecule has 0 amide bonds. The lowest BCUT2D eigenvalue weighted by molar-refractivity contribution is -0.213. The fraction of sp³-hybridized carbons (Fsp3) is 0.333. The highest BCUT2D eigenvalue weighted by Crippen LogP contribution is 2.15. The Morgan fingerprint density at radius 2 is 2.10 bits per heavy atom. The van der Waals surface area contributed by atoms with Gasteiger partial charge in [0.05, 0.1) is 6.26 Å². The van der Waals surface area contributed by atoms with Gasteiger partial charge in [-0.1, -0.05) is 12.7 Å². The molecule has 0 saturated carbocycles. The third-order valence-electron chi connectivity index (χ3n) is 0.611. The summed E-state index contributed by atoms with van der Waals surface area (Å²) in [7, 11) is 0. The van der Waals surface area contributed by atoms with Crippen LogP contribution in [-0.4, -0.2) is 12.8 Å². The largest absolute Gasteiger partial charge is 0.439 e. The van der Waals surface area contributed by atoms with Gasteiger partial charge in [0.25, 0.3) is 0 Å². The molecular weight excluding hydrogens is 145 g/mol. The quantitative estimate of drug-likeness (QED) is 0.443. The molecular formula is C6H7F3O. The van der Waals surface area contributed by atoms with Crippen LogP contribution in [0.15, 0.2) is 25.0 Å². The van der Waals surface area contributed by atoms with Gasteiger partial charge in [-0.2, -0.15) is 8.78 Å². The van der Waals surface area contributed by atoms with Crippen molar-refractivity contribution in [3.05, 3.63) is 25.0 Å². The van der Waals surface area contributed by atoms with Gasteiger partial charge in [-0.25, -0.2) is 4.39 Å². The van der Waals surface area contributed by atoms with E-state index in [1.165, 1.54) is 6.08 Å². The molecule has 4 heteroatoms. The van der Waals surface area contributed by atoms with E-state index in [4.69, 9.17) is 0 Å². The molecule has 0 N–H and O–H groups in total. The Hall–Kier alpha value is -0.930. The third-order valence-corrected chi connectivity index (χ3v) is 0.611. The van der Waals surface area contributed by atoms with Crippen molar-refractivity contribution in [3.8, 4) is 0 Å². The molecule has 0 aliphatic heterocycles. The van der Waals surface area contributed by atoms with Crippen molar-refractivity contribution in [2.24, 2.45) is 0 Å². The van der Waals surface area contributed by atoms with Gasteiger partial charge >= 0.3 is 6.11 Å². The van der Waals surface area contributed by atoms with E-state index < -0.39 is 12.8 Å². The van der Waals surface area contributed by atoms with Gasteiger partial charge in [0.1, 0.15) is 0 Å². The first kappa shape index (κ1) is 9.07. The minimum absolute atomic E-state index is 0.687. The fourth-order valence-electron chi connectivity index (χ4n) is 0.226. The molecule has 0 atom stereocenters. The molecule has 10 heavy (non-hydrogen) atoms. The van der Waals surface area contributed by atoms with Gasteiger partial charge in [-0.15, -0.1) is 0 Å². The van der Waals surface area contributed by atoms with E-state index in [1.807, 2.05) is 0 Å². The van der Waals surface area contributed by atoms with Crippen molar-refractivity contribution >= 4 is 0 Å². The molecule has 0 fully saturated rings. The van der Waals surface area contributed by atoms with Crippen molar-refractivity contribution in [3.63, 3.8) is 0 Å². The predicted molar refractivity (Wildman–Crippen MR) is 31.3 cm³/mol. The van der Waals surface area contributed by atoms with Crippen molar-refractivity contribution in [2.45, 2.75) is 6.11 Å². The van der Waals surface area contributed by atoms with Crippen LogP contribution in [-0.2, 0) is 4.74 Å². The van der Waals surface area contributed by atoms with Gasteiger partial charge in [0, 0.05) is 0 Å². The summed E-state index contributed by atoms with van der Waals surface area (Å²) in [4.78, 5) is 0. The van der Waals surface area contributed by atoms with Crippen molar-refractivity contribution in [1.82, 2.24) is 0 Å². The Balaban J connectivity index is 3.66. The summed E-state index contributed by atoms with van der Waals surface area (Å²) in [5.41, 5.74) is 0. The molecule has 0 aliphatic rings. The second-order valence-corrected chi connectivity index (χ2v) is 1.45. The lowest BCUT2D eigenvalue weighted by Gasteiger charge is -2.09. The van der Waals surface area contributed by atoms with Gasteiger partial charge in [-0.05, 0) is 6.08 Å². The van der Waals surface area contributed by atoms with Crippen LogP contribution < -0.4 is 0 Å². The van der Waals surface area contributed by atoms with Crippen LogP contribution >= 0.6 is 0 Å². The zero-order valence-corrected chi connectivity index (χ0v) is 5.19. The van der Waals surface area contributed by atoms with Crippen LogP contribution in [0.3, 0.4) is 0 Å². The lowest BCUT2D eigenvalue weighted by atomic mass is 10.6. The van der Waals surface area contributed by atoms with Crippen LogP contribution in [0.1, 0.15) is 0 Å². The van der Waals surface area contributed by atoms with Gasteiger partial charge < -0.3 is 4.74 Å². The van der Waals surface area contributed by atoms with E-state index in [-0.39, 0.29) is 0 Å². The molecule has 0 aliphatic carbocycles. The number of halogens is 3. The van der Waals surface area contributed by atoms with Crippen LogP contribution in [0.2, 0.25) is 0 Å². The number of hydrogen-bond acceptors (Lipinski definition) is 1. The van der Waals surface area contributed by atoms with Crippen molar-refractivity contribution in [1.29, 1.82) is 0 Å². The van der Waals surface area contributed by atoms with E-state index in [9.17, 15) is 13.2 Å². The maximum absolute atomic E-state index is 11.8. The monoisotopic (exact) mass is 152 g/mol. The molecule has 0 rings (SSSR count). The smallest absolute Gasteiger partial charge is 0.426 e. The first-order valence-electron chi connectivity index (χ1n) is 2.51. The predicted octanol–water partition coefficient (Wildman–Crippen LogP) is 2.27. The Bertz CT molecular complexity index is 131. The molecule has 0 aromatic carbocycles. The van der Waals surface area contributed by atoms with Crippen LogP contribution in [0, 0.1) is 0 Å². The molecule has 0 radical (unpaired) electrons. The SMILES string of the molecule is C=C/C=C/OC(F)(F)CF. The fourth-order valence-corrected chi connectivity index (χ4v) is 0.226. The minimum Gasteiger partial charge on any atom is -0.439 e. The molecule has 0 aromatic heterocycles. The summed E-state index contributed by atoms with van der Waals surface area (Å²) in [6.07, 6.45) is -0.635.